The SMILES string of the molecule is FC(F)(F)c1cccc(-c2cnc(N3CCN[C@@H](Cc4ccccc4)C3)nc2-c2ccncc2)c1. The average molecular weight is 476 g/mol. The molecule has 178 valence electrons. The van der Waals surface area contributed by atoms with Crippen LogP contribution in [0.15, 0.2) is 85.3 Å². The van der Waals surface area contributed by atoms with Crippen molar-refractivity contribution in [1.29, 1.82) is 0 Å². The Morgan fingerprint density at radius 2 is 1.74 bits per heavy atom. The molecular weight excluding hydrogens is 451 g/mol. The Labute approximate surface area is 201 Å². The molecule has 0 spiro atoms. The van der Waals surface area contributed by atoms with Crippen molar-refractivity contribution >= 4 is 5.95 Å². The van der Waals surface area contributed by atoms with Crippen molar-refractivity contribution in [2.75, 3.05) is 24.5 Å². The molecule has 0 bridgehead atoms. The van der Waals surface area contributed by atoms with Crippen molar-refractivity contribution in [3.05, 3.63) is 96.4 Å². The molecule has 0 aliphatic carbocycles. The predicted molar refractivity (Wildman–Crippen MR) is 130 cm³/mol. The van der Waals surface area contributed by atoms with Crippen LogP contribution in [0.25, 0.3) is 22.4 Å². The Balaban J connectivity index is 1.49. The minimum absolute atomic E-state index is 0.238. The molecule has 8 heteroatoms. The van der Waals surface area contributed by atoms with Crippen LogP contribution in [0.1, 0.15) is 11.1 Å². The number of hydrogen-bond donors (Lipinski definition) is 1. The van der Waals surface area contributed by atoms with Gasteiger partial charge in [-0.05, 0) is 41.8 Å². The second-order valence-electron chi connectivity index (χ2n) is 8.53. The van der Waals surface area contributed by atoms with Gasteiger partial charge in [-0.2, -0.15) is 13.2 Å². The van der Waals surface area contributed by atoms with Gasteiger partial charge >= 0.3 is 6.18 Å². The molecule has 1 atom stereocenters. The number of piperazine rings is 1. The molecule has 5 rings (SSSR count). The van der Waals surface area contributed by atoms with Crippen molar-refractivity contribution in [3.8, 4) is 22.4 Å². The van der Waals surface area contributed by atoms with Gasteiger partial charge in [0.15, 0.2) is 0 Å². The summed E-state index contributed by atoms with van der Waals surface area (Å²) >= 11 is 0. The van der Waals surface area contributed by atoms with Crippen molar-refractivity contribution in [3.63, 3.8) is 0 Å². The van der Waals surface area contributed by atoms with Crippen LogP contribution in [0.2, 0.25) is 0 Å². The summed E-state index contributed by atoms with van der Waals surface area (Å²) in [6.45, 7) is 2.26. The highest BCUT2D eigenvalue weighted by molar-refractivity contribution is 5.81. The van der Waals surface area contributed by atoms with E-state index < -0.39 is 11.7 Å². The van der Waals surface area contributed by atoms with Gasteiger partial charge in [-0.3, -0.25) is 4.98 Å². The fraction of sp³-hybridized carbons (Fsp3) is 0.222. The summed E-state index contributed by atoms with van der Waals surface area (Å²) in [4.78, 5) is 15.6. The zero-order valence-electron chi connectivity index (χ0n) is 18.9. The molecule has 2 aromatic carbocycles. The molecule has 2 aromatic heterocycles. The van der Waals surface area contributed by atoms with E-state index in [9.17, 15) is 13.2 Å². The van der Waals surface area contributed by atoms with Crippen LogP contribution < -0.4 is 10.2 Å². The first kappa shape index (κ1) is 23.0. The van der Waals surface area contributed by atoms with Crippen LogP contribution in [0.3, 0.4) is 0 Å². The molecule has 35 heavy (non-hydrogen) atoms. The summed E-state index contributed by atoms with van der Waals surface area (Å²) in [5.41, 5.74) is 2.86. The minimum Gasteiger partial charge on any atom is -0.338 e. The number of rotatable bonds is 5. The van der Waals surface area contributed by atoms with Crippen LogP contribution in [-0.4, -0.2) is 40.6 Å². The highest BCUT2D eigenvalue weighted by atomic mass is 19.4. The van der Waals surface area contributed by atoms with Crippen molar-refractivity contribution in [1.82, 2.24) is 20.3 Å². The van der Waals surface area contributed by atoms with E-state index in [0.29, 0.717) is 22.8 Å². The Kier molecular flexibility index (Phi) is 6.46. The van der Waals surface area contributed by atoms with Crippen molar-refractivity contribution in [2.45, 2.75) is 18.6 Å². The third kappa shape index (κ3) is 5.33. The molecule has 4 aromatic rings. The number of nitrogens with zero attached hydrogens (tertiary/aromatic N) is 4. The lowest BCUT2D eigenvalue weighted by atomic mass is 9.99. The number of hydrogen-bond acceptors (Lipinski definition) is 5. The molecule has 0 radical (unpaired) electrons. The Hall–Kier alpha value is -3.78. The van der Waals surface area contributed by atoms with Gasteiger partial charge in [0.2, 0.25) is 5.95 Å². The highest BCUT2D eigenvalue weighted by Crippen LogP contribution is 2.35. The number of benzene rings is 2. The van der Waals surface area contributed by atoms with Gasteiger partial charge in [-0.15, -0.1) is 0 Å². The van der Waals surface area contributed by atoms with Gasteiger partial charge < -0.3 is 10.2 Å². The number of halogens is 3. The van der Waals surface area contributed by atoms with Crippen LogP contribution in [0.5, 0.6) is 0 Å². The van der Waals surface area contributed by atoms with Crippen LogP contribution >= 0.6 is 0 Å². The summed E-state index contributed by atoms with van der Waals surface area (Å²) in [7, 11) is 0. The van der Waals surface area contributed by atoms with Gasteiger partial charge in [-0.1, -0.05) is 42.5 Å². The largest absolute Gasteiger partial charge is 0.416 e. The number of pyridine rings is 1. The van der Waals surface area contributed by atoms with E-state index in [1.54, 1.807) is 36.8 Å². The molecule has 0 saturated carbocycles. The Morgan fingerprint density at radius 1 is 0.943 bits per heavy atom. The number of aromatic nitrogens is 3. The first-order chi connectivity index (χ1) is 17.0. The van der Waals surface area contributed by atoms with Crippen LogP contribution in [-0.2, 0) is 12.6 Å². The number of anilines is 1. The maximum absolute atomic E-state index is 13.4. The van der Waals surface area contributed by atoms with Gasteiger partial charge in [0.25, 0.3) is 0 Å². The standard InChI is InChI=1S/C27H24F3N5/c28-27(29,30)22-8-4-7-21(16-22)24-17-33-26(34-25(24)20-9-11-31-12-10-20)35-14-13-32-23(18-35)15-19-5-2-1-3-6-19/h1-12,16-17,23,32H,13-15,18H2/t23-/m0/s1. The quantitative estimate of drug-likeness (QED) is 0.428. The van der Waals surface area contributed by atoms with E-state index in [1.165, 1.54) is 11.6 Å². The summed E-state index contributed by atoms with van der Waals surface area (Å²) < 4.78 is 40.1. The third-order valence-corrected chi connectivity index (χ3v) is 6.09. The van der Waals surface area contributed by atoms with Crippen LogP contribution in [0, 0.1) is 0 Å². The zero-order chi connectivity index (χ0) is 24.3. The van der Waals surface area contributed by atoms with E-state index in [1.807, 2.05) is 18.2 Å². The smallest absolute Gasteiger partial charge is 0.338 e. The molecule has 0 unspecified atom stereocenters. The number of alkyl halides is 3. The monoisotopic (exact) mass is 475 g/mol. The summed E-state index contributed by atoms with van der Waals surface area (Å²) in [5, 5.41) is 3.56. The second kappa shape index (κ2) is 9.84. The van der Waals surface area contributed by atoms with Gasteiger partial charge in [0.05, 0.1) is 11.3 Å². The van der Waals surface area contributed by atoms with Crippen molar-refractivity contribution in [2.24, 2.45) is 0 Å². The Bertz CT molecular complexity index is 1280. The lowest BCUT2D eigenvalue weighted by Gasteiger charge is -2.34. The zero-order valence-corrected chi connectivity index (χ0v) is 18.9. The van der Waals surface area contributed by atoms with E-state index in [4.69, 9.17) is 4.98 Å². The normalized spacial score (nSPS) is 16.3. The molecule has 1 aliphatic heterocycles. The predicted octanol–water partition coefficient (Wildman–Crippen LogP) is 5.25. The first-order valence-corrected chi connectivity index (χ1v) is 11.4. The molecule has 3 heterocycles. The minimum atomic E-state index is -4.43. The fourth-order valence-corrected chi connectivity index (χ4v) is 4.37. The molecular formula is C27H24F3N5. The lowest BCUT2D eigenvalue weighted by Crippen LogP contribution is -2.52. The lowest BCUT2D eigenvalue weighted by molar-refractivity contribution is -0.137. The molecule has 1 N–H and O–H groups in total. The van der Waals surface area contributed by atoms with Gasteiger partial charge in [0.1, 0.15) is 0 Å². The molecule has 5 nitrogen and oxygen atoms in total. The second-order valence-corrected chi connectivity index (χ2v) is 8.53. The summed E-state index contributed by atoms with van der Waals surface area (Å²) in [5.74, 6) is 0.562. The fourth-order valence-electron chi connectivity index (χ4n) is 4.37. The Morgan fingerprint density at radius 3 is 2.51 bits per heavy atom. The first-order valence-electron chi connectivity index (χ1n) is 11.4. The van der Waals surface area contributed by atoms with Crippen LogP contribution in [0.4, 0.5) is 19.1 Å². The van der Waals surface area contributed by atoms with E-state index in [-0.39, 0.29) is 6.04 Å². The van der Waals surface area contributed by atoms with Gasteiger partial charge in [-0.25, -0.2) is 9.97 Å². The van der Waals surface area contributed by atoms with E-state index >= 15 is 0 Å². The maximum Gasteiger partial charge on any atom is 0.416 e. The number of nitrogens with one attached hydrogen (secondary N) is 1. The maximum atomic E-state index is 13.4. The summed E-state index contributed by atoms with van der Waals surface area (Å²) in [6, 6.07) is 19.4. The van der Waals surface area contributed by atoms with E-state index in [2.05, 4.69) is 32.3 Å². The molecule has 1 aliphatic rings. The molecule has 1 saturated heterocycles. The average Bonchev–Trinajstić information content (AvgIpc) is 2.89. The molecule has 1 fully saturated rings. The topological polar surface area (TPSA) is 53.9 Å². The van der Waals surface area contributed by atoms with Gasteiger partial charge in [0, 0.05) is 55.4 Å². The van der Waals surface area contributed by atoms with Crippen molar-refractivity contribution < 1.29 is 13.2 Å². The molecule has 0 amide bonds. The third-order valence-electron chi connectivity index (χ3n) is 6.09. The highest BCUT2D eigenvalue weighted by Gasteiger charge is 2.31. The summed E-state index contributed by atoms with van der Waals surface area (Å²) in [6.07, 6.45) is 1.38. The van der Waals surface area contributed by atoms with E-state index in [0.717, 1.165) is 43.8 Å².